The first-order chi connectivity index (χ1) is 40.7. The van der Waals surface area contributed by atoms with Crippen molar-refractivity contribution in [2.45, 2.75) is 71.8 Å². The van der Waals surface area contributed by atoms with Crippen LogP contribution in [0.15, 0.2) is 239 Å². The molecule has 1 aliphatic heterocycles. The molecule has 0 unspecified atom stereocenters. The third kappa shape index (κ3) is 7.75. The first-order valence-electron chi connectivity index (χ1n) is 29.0. The summed E-state index contributed by atoms with van der Waals surface area (Å²) in [5.74, 6) is 1.43. The fraction of sp³-hybridized carbons (Fsp3) is 0.143. The fourth-order valence-electron chi connectivity index (χ4n) is 13.2. The molecule has 1 N–H and O–H groups in total. The van der Waals surface area contributed by atoms with Crippen molar-refractivity contribution in [2.24, 2.45) is 0 Å². The van der Waals surface area contributed by atoms with Gasteiger partial charge in [0, 0.05) is 72.1 Å². The number of rotatable bonds is 8. The molecule has 0 spiro atoms. The Morgan fingerprint density at radius 3 is 1.21 bits per heavy atom. The lowest BCUT2D eigenvalue weighted by atomic mass is 9.81. The number of hydrogen-bond donors (Lipinski definition) is 1. The maximum atomic E-state index is 15.7. The zero-order valence-electron chi connectivity index (χ0n) is 48.5. The molecular weight excluding hydrogens is 1030 g/mol. The number of ether oxygens (including phenoxy) is 1. The molecular formula is C77H63N3O4. The van der Waals surface area contributed by atoms with E-state index in [0.717, 1.165) is 106 Å². The minimum Gasteiger partial charge on any atom is -0.454 e. The van der Waals surface area contributed by atoms with Crippen LogP contribution in [0.2, 0.25) is 0 Å². The molecule has 0 amide bonds. The predicted molar refractivity (Wildman–Crippen MR) is 346 cm³/mol. The van der Waals surface area contributed by atoms with Crippen LogP contribution >= 0.6 is 0 Å². The van der Waals surface area contributed by atoms with Crippen LogP contribution in [0.25, 0.3) is 55.0 Å². The molecule has 410 valence electrons. The van der Waals surface area contributed by atoms with E-state index in [1.807, 2.05) is 48.5 Å². The molecule has 2 aliphatic rings. The zero-order valence-corrected chi connectivity index (χ0v) is 48.5. The zero-order chi connectivity index (χ0) is 57.4. The van der Waals surface area contributed by atoms with E-state index in [9.17, 15) is 0 Å². The molecule has 0 bridgehead atoms. The minimum atomic E-state index is -1.88. The normalized spacial score (nSPS) is 13.5. The summed E-state index contributed by atoms with van der Waals surface area (Å²) in [6.07, 6.45) is 0. The molecule has 1 aliphatic carbocycles. The molecule has 84 heavy (non-hydrogen) atoms. The average Bonchev–Trinajstić information content (AvgIpc) is 1.73. The van der Waals surface area contributed by atoms with Crippen molar-refractivity contribution < 1.29 is 18.7 Å². The van der Waals surface area contributed by atoms with Gasteiger partial charge < -0.3 is 33.4 Å². The topological polar surface area (TPSA) is 65.5 Å². The summed E-state index contributed by atoms with van der Waals surface area (Å²) in [4.78, 5) is 6.91. The van der Waals surface area contributed by atoms with Crippen LogP contribution in [0, 0.1) is 13.8 Å². The van der Waals surface area contributed by atoms with Gasteiger partial charge >= 0.3 is 0 Å². The van der Waals surface area contributed by atoms with Gasteiger partial charge in [-0.3, -0.25) is 0 Å². The molecule has 7 nitrogen and oxygen atoms in total. The molecule has 0 saturated heterocycles. The first kappa shape index (κ1) is 51.1. The van der Waals surface area contributed by atoms with Gasteiger partial charge in [-0.2, -0.15) is 0 Å². The summed E-state index contributed by atoms with van der Waals surface area (Å²) >= 11 is 0. The minimum absolute atomic E-state index is 0.0745. The predicted octanol–water partition coefficient (Wildman–Crippen LogP) is 21.5. The third-order valence-corrected chi connectivity index (χ3v) is 17.4. The van der Waals surface area contributed by atoms with Gasteiger partial charge in [-0.25, -0.2) is 0 Å². The lowest BCUT2D eigenvalue weighted by Gasteiger charge is -2.37. The number of furan rings is 2. The summed E-state index contributed by atoms with van der Waals surface area (Å²) in [7, 11) is 0. The smallest absolute Gasteiger partial charge is 0.160 e. The maximum absolute atomic E-state index is 15.7. The van der Waals surface area contributed by atoms with E-state index < -0.39 is 5.60 Å². The van der Waals surface area contributed by atoms with E-state index in [0.29, 0.717) is 39.4 Å². The highest BCUT2D eigenvalue weighted by molar-refractivity contribution is 6.26. The van der Waals surface area contributed by atoms with E-state index in [1.165, 1.54) is 11.1 Å². The lowest BCUT2D eigenvalue weighted by molar-refractivity contribution is 0.131. The van der Waals surface area contributed by atoms with Gasteiger partial charge in [-0.15, -0.1) is 0 Å². The Balaban J connectivity index is 1.13. The van der Waals surface area contributed by atoms with E-state index in [-0.39, 0.29) is 10.8 Å². The van der Waals surface area contributed by atoms with Crippen LogP contribution in [0.3, 0.4) is 0 Å². The molecule has 2 aromatic heterocycles. The third-order valence-electron chi connectivity index (χ3n) is 17.4. The SMILES string of the molecule is Cc1ccccc1N(c1ccc(C(C)(C)C)cc1)c1cc2c(c3c1oc1ccccc13)-c1c(cc(N(c3ccc(C(C)(C)C)cc3)c3ccccc3C)c3oc4ccccc4c13)C2(O)c1ccccc1N1c2ccccc2Oc2ccccc21. The van der Waals surface area contributed by atoms with Crippen molar-refractivity contribution in [1.82, 2.24) is 0 Å². The van der Waals surface area contributed by atoms with Gasteiger partial charge in [0.05, 0.1) is 28.4 Å². The summed E-state index contributed by atoms with van der Waals surface area (Å²) < 4.78 is 21.4. The highest BCUT2D eigenvalue weighted by atomic mass is 16.5. The van der Waals surface area contributed by atoms with Crippen LogP contribution in [0.1, 0.15) is 80.5 Å². The second-order valence-corrected chi connectivity index (χ2v) is 24.7. The standard InChI is InChI=1S/C77H63N3O4/c1-47-23-9-14-28-58(47)78(51-41-37-49(38-42-51)75(3,4)5)63-45-56-71(69-53-25-11-19-33-65(53)83-73(63)69)72-57(77(56,81)55-27-13-16-30-60(55)80-61-31-17-21-35-67(61)82-68-36-22-18-32-62(68)80)46-64(74-70(72)54-26-12-20-34-66(54)84-74)79(59-29-15-10-24-48(59)2)52-43-39-50(40-44-52)76(6,7)8/h9-46,81H,1-8H3. The molecule has 15 rings (SSSR count). The number of aryl methyl sites for hydroxylation is 2. The summed E-state index contributed by atoms with van der Waals surface area (Å²) in [5, 5.41) is 19.4. The van der Waals surface area contributed by atoms with Crippen molar-refractivity contribution in [3.63, 3.8) is 0 Å². The van der Waals surface area contributed by atoms with E-state index in [2.05, 4.69) is 252 Å². The van der Waals surface area contributed by atoms with Gasteiger partial charge in [0.15, 0.2) is 22.7 Å². The van der Waals surface area contributed by atoms with Crippen molar-refractivity contribution >= 4 is 95.1 Å². The average molecular weight is 1090 g/mol. The number of fused-ring (bicyclic) bond motifs is 13. The summed E-state index contributed by atoms with van der Waals surface area (Å²) in [5.41, 5.74) is 17.3. The van der Waals surface area contributed by atoms with Crippen molar-refractivity contribution in [2.75, 3.05) is 14.7 Å². The van der Waals surface area contributed by atoms with Crippen LogP contribution in [0.5, 0.6) is 11.5 Å². The van der Waals surface area contributed by atoms with Crippen LogP contribution in [-0.2, 0) is 16.4 Å². The summed E-state index contributed by atoms with van der Waals surface area (Å²) in [6.45, 7) is 17.8. The van der Waals surface area contributed by atoms with Crippen molar-refractivity contribution in [3.8, 4) is 22.6 Å². The maximum Gasteiger partial charge on any atom is 0.160 e. The Morgan fingerprint density at radius 1 is 0.393 bits per heavy atom. The monoisotopic (exact) mass is 1090 g/mol. The number of para-hydroxylation sites is 9. The number of benzene rings is 11. The molecule has 3 heterocycles. The van der Waals surface area contributed by atoms with E-state index in [4.69, 9.17) is 13.6 Å². The molecule has 0 radical (unpaired) electrons. The summed E-state index contributed by atoms with van der Waals surface area (Å²) in [6, 6.07) is 80.7. The Morgan fingerprint density at radius 2 is 0.774 bits per heavy atom. The molecule has 7 heteroatoms. The molecule has 11 aromatic carbocycles. The lowest BCUT2D eigenvalue weighted by Crippen LogP contribution is -2.30. The van der Waals surface area contributed by atoms with Crippen molar-refractivity contribution in [1.29, 1.82) is 0 Å². The quantitative estimate of drug-likeness (QED) is 0.163. The fourth-order valence-corrected chi connectivity index (χ4v) is 13.2. The Labute approximate surface area is 489 Å². The van der Waals surface area contributed by atoms with Gasteiger partial charge in [0.2, 0.25) is 0 Å². The van der Waals surface area contributed by atoms with E-state index >= 15 is 5.11 Å². The van der Waals surface area contributed by atoms with Crippen LogP contribution in [0.4, 0.5) is 51.2 Å². The van der Waals surface area contributed by atoms with Gasteiger partial charge in [-0.05, 0) is 138 Å². The number of nitrogens with zero attached hydrogens (tertiary/aromatic N) is 3. The van der Waals surface area contributed by atoms with Crippen molar-refractivity contribution in [3.05, 3.63) is 269 Å². The molecule has 0 saturated carbocycles. The van der Waals surface area contributed by atoms with Crippen LogP contribution < -0.4 is 19.4 Å². The molecule has 0 fully saturated rings. The number of hydrogen-bond acceptors (Lipinski definition) is 7. The molecule has 13 aromatic rings. The number of aliphatic hydroxyl groups is 1. The van der Waals surface area contributed by atoms with Gasteiger partial charge in [0.1, 0.15) is 16.8 Å². The second kappa shape index (κ2) is 18.9. The highest BCUT2D eigenvalue weighted by Gasteiger charge is 2.50. The largest absolute Gasteiger partial charge is 0.454 e. The number of anilines is 9. The Kier molecular flexibility index (Phi) is 11.5. The Hall–Kier alpha value is -9.82. The van der Waals surface area contributed by atoms with E-state index in [1.54, 1.807) is 0 Å². The second-order valence-electron chi connectivity index (χ2n) is 24.7. The van der Waals surface area contributed by atoms with Gasteiger partial charge in [0.25, 0.3) is 0 Å². The Bertz CT molecular complexity index is 4510. The van der Waals surface area contributed by atoms with Crippen LogP contribution in [-0.4, -0.2) is 5.11 Å². The van der Waals surface area contributed by atoms with Gasteiger partial charge in [-0.1, -0.05) is 181 Å². The first-order valence-corrected chi connectivity index (χ1v) is 29.0. The highest BCUT2D eigenvalue weighted by Crippen LogP contribution is 2.64. The molecule has 0 atom stereocenters.